The summed E-state index contributed by atoms with van der Waals surface area (Å²) in [6.07, 6.45) is 1.65. The third kappa shape index (κ3) is 2.03. The van der Waals surface area contributed by atoms with Crippen molar-refractivity contribution in [2.45, 2.75) is 13.0 Å². The van der Waals surface area contributed by atoms with Gasteiger partial charge in [-0.3, -0.25) is 4.79 Å². The Bertz CT molecular complexity index is 381. The third-order valence-electron chi connectivity index (χ3n) is 2.72. The lowest BCUT2D eigenvalue weighted by atomic mass is 9.78. The lowest BCUT2D eigenvalue weighted by Gasteiger charge is -2.25. The van der Waals surface area contributed by atoms with Crippen LogP contribution in [0, 0.1) is 0 Å². The molecule has 4 nitrogen and oxygen atoms in total. The third-order valence-corrected chi connectivity index (χ3v) is 2.72. The summed E-state index contributed by atoms with van der Waals surface area (Å²) in [4.78, 5) is 12.3. The molecule has 0 atom stereocenters. The second-order valence-electron chi connectivity index (χ2n) is 3.73. The lowest BCUT2D eigenvalue weighted by molar-refractivity contribution is -0.118. The van der Waals surface area contributed by atoms with Crippen LogP contribution in [-0.2, 0) is 17.8 Å². The van der Waals surface area contributed by atoms with Gasteiger partial charge in [0.25, 0.3) is 0 Å². The van der Waals surface area contributed by atoms with Crippen LogP contribution in [0.2, 0.25) is 0 Å². The smallest absolute Gasteiger partial charge is 0.423 e. The molecule has 15 heavy (non-hydrogen) atoms. The van der Waals surface area contributed by atoms with Crippen molar-refractivity contribution >= 4 is 19.0 Å². The predicted molar refractivity (Wildman–Crippen MR) is 56.4 cm³/mol. The van der Waals surface area contributed by atoms with Crippen molar-refractivity contribution in [3.8, 4) is 0 Å². The number of rotatable bonds is 2. The quantitative estimate of drug-likeness (QED) is 0.475. The van der Waals surface area contributed by atoms with E-state index in [2.05, 4.69) is 0 Å². The van der Waals surface area contributed by atoms with Crippen molar-refractivity contribution in [1.82, 2.24) is 4.90 Å². The van der Waals surface area contributed by atoms with Gasteiger partial charge in [-0.1, -0.05) is 18.2 Å². The van der Waals surface area contributed by atoms with Gasteiger partial charge in [-0.05, 0) is 23.0 Å². The van der Waals surface area contributed by atoms with Gasteiger partial charge in [0, 0.05) is 13.1 Å². The highest BCUT2D eigenvalue weighted by atomic mass is 16.4. The molecule has 78 valence electrons. The van der Waals surface area contributed by atoms with E-state index in [9.17, 15) is 4.79 Å². The van der Waals surface area contributed by atoms with Crippen LogP contribution in [0.15, 0.2) is 18.2 Å². The Morgan fingerprint density at radius 3 is 2.80 bits per heavy atom. The second kappa shape index (κ2) is 4.04. The highest BCUT2D eigenvalue weighted by Gasteiger charge is 2.18. The van der Waals surface area contributed by atoms with Gasteiger partial charge in [0.05, 0.1) is 0 Å². The van der Waals surface area contributed by atoms with E-state index >= 15 is 0 Å². The van der Waals surface area contributed by atoms with Gasteiger partial charge in [-0.25, -0.2) is 0 Å². The first-order valence-corrected chi connectivity index (χ1v) is 4.88. The normalized spacial score (nSPS) is 14.7. The van der Waals surface area contributed by atoms with Crippen molar-refractivity contribution in [2.75, 3.05) is 6.54 Å². The molecule has 0 fully saturated rings. The summed E-state index contributed by atoms with van der Waals surface area (Å²) >= 11 is 0. The molecule has 1 aromatic carbocycles. The highest BCUT2D eigenvalue weighted by molar-refractivity contribution is 6.58. The van der Waals surface area contributed by atoms with Crippen molar-refractivity contribution in [3.05, 3.63) is 29.3 Å². The highest BCUT2D eigenvalue weighted by Crippen LogP contribution is 2.16. The number of benzene rings is 1. The summed E-state index contributed by atoms with van der Waals surface area (Å²) in [5.41, 5.74) is 2.65. The zero-order valence-corrected chi connectivity index (χ0v) is 8.26. The molecule has 0 saturated heterocycles. The molecule has 0 radical (unpaired) electrons. The molecule has 0 aromatic heterocycles. The number of hydrogen-bond donors (Lipinski definition) is 2. The number of carbonyl (C=O) groups excluding carboxylic acids is 1. The van der Waals surface area contributed by atoms with Gasteiger partial charge < -0.3 is 14.9 Å². The molecule has 0 spiro atoms. The number of nitrogens with zero attached hydrogens (tertiary/aromatic N) is 1. The average molecular weight is 205 g/mol. The summed E-state index contributed by atoms with van der Waals surface area (Å²) < 4.78 is 0. The molecule has 1 aliphatic heterocycles. The van der Waals surface area contributed by atoms with E-state index in [0.717, 1.165) is 24.9 Å². The fraction of sp³-hybridized carbons (Fsp3) is 0.300. The summed E-state index contributed by atoms with van der Waals surface area (Å²) in [6, 6.07) is 5.35. The first-order valence-electron chi connectivity index (χ1n) is 4.88. The van der Waals surface area contributed by atoms with Crippen LogP contribution in [0.1, 0.15) is 11.1 Å². The van der Waals surface area contributed by atoms with E-state index < -0.39 is 7.12 Å². The van der Waals surface area contributed by atoms with Crippen LogP contribution in [0.3, 0.4) is 0 Å². The molecule has 1 aliphatic rings. The molecule has 0 aliphatic carbocycles. The zero-order valence-electron chi connectivity index (χ0n) is 8.26. The summed E-state index contributed by atoms with van der Waals surface area (Å²) in [6.45, 7) is 1.29. The fourth-order valence-electron chi connectivity index (χ4n) is 1.85. The minimum Gasteiger partial charge on any atom is -0.423 e. The molecule has 2 rings (SSSR count). The molecule has 0 saturated carbocycles. The number of carbonyl (C=O) groups is 1. The predicted octanol–water partition coefficient (Wildman–Crippen LogP) is -1.12. The van der Waals surface area contributed by atoms with Gasteiger partial charge in [0.1, 0.15) is 0 Å². The van der Waals surface area contributed by atoms with E-state index in [4.69, 9.17) is 10.0 Å². The summed E-state index contributed by atoms with van der Waals surface area (Å²) in [5.74, 6) is 0. The lowest BCUT2D eigenvalue weighted by Crippen LogP contribution is -2.34. The van der Waals surface area contributed by atoms with Crippen LogP contribution < -0.4 is 5.46 Å². The van der Waals surface area contributed by atoms with Crippen LogP contribution in [0.4, 0.5) is 0 Å². The van der Waals surface area contributed by atoms with E-state index in [0.29, 0.717) is 12.0 Å². The minimum atomic E-state index is -1.44. The van der Waals surface area contributed by atoms with Gasteiger partial charge >= 0.3 is 7.12 Å². The molecule has 0 unspecified atom stereocenters. The molecule has 1 aromatic rings. The van der Waals surface area contributed by atoms with Crippen LogP contribution in [0.25, 0.3) is 0 Å². The zero-order chi connectivity index (χ0) is 10.8. The Morgan fingerprint density at radius 1 is 1.33 bits per heavy atom. The fourth-order valence-corrected chi connectivity index (χ4v) is 1.85. The SMILES string of the molecule is O=CN1CCc2ccc(B(O)O)cc2C1. The van der Waals surface area contributed by atoms with Crippen molar-refractivity contribution in [1.29, 1.82) is 0 Å². The van der Waals surface area contributed by atoms with E-state index in [1.54, 1.807) is 17.0 Å². The van der Waals surface area contributed by atoms with E-state index in [1.807, 2.05) is 6.07 Å². The maximum Gasteiger partial charge on any atom is 0.488 e. The molecular weight excluding hydrogens is 193 g/mol. The molecule has 0 bridgehead atoms. The Kier molecular flexibility index (Phi) is 2.75. The molecule has 1 amide bonds. The Hall–Kier alpha value is -1.33. The first kappa shape index (κ1) is 10.2. The summed E-state index contributed by atoms with van der Waals surface area (Å²) in [5, 5.41) is 18.0. The average Bonchev–Trinajstić information content (AvgIpc) is 2.27. The Labute approximate surface area is 88.3 Å². The van der Waals surface area contributed by atoms with E-state index in [1.165, 1.54) is 5.56 Å². The Morgan fingerprint density at radius 2 is 2.13 bits per heavy atom. The van der Waals surface area contributed by atoms with Crippen LogP contribution in [-0.4, -0.2) is 35.0 Å². The minimum absolute atomic E-state index is 0.474. The number of amides is 1. The van der Waals surface area contributed by atoms with Crippen LogP contribution in [0.5, 0.6) is 0 Å². The second-order valence-corrected chi connectivity index (χ2v) is 3.73. The largest absolute Gasteiger partial charge is 0.488 e. The van der Waals surface area contributed by atoms with Crippen molar-refractivity contribution in [2.24, 2.45) is 0 Å². The first-order chi connectivity index (χ1) is 7.20. The maximum atomic E-state index is 10.6. The maximum absolute atomic E-state index is 10.6. The standard InChI is InChI=1S/C10H12BNO3/c13-7-12-4-3-8-1-2-10(11(14)15)5-9(8)6-12/h1-2,5,7,14-15H,3-4,6H2. The number of fused-ring (bicyclic) bond motifs is 1. The summed E-state index contributed by atoms with van der Waals surface area (Å²) in [7, 11) is -1.44. The van der Waals surface area contributed by atoms with Gasteiger partial charge in [-0.2, -0.15) is 0 Å². The topological polar surface area (TPSA) is 60.8 Å². The molecule has 5 heteroatoms. The molecule has 2 N–H and O–H groups in total. The van der Waals surface area contributed by atoms with Crippen molar-refractivity contribution in [3.63, 3.8) is 0 Å². The van der Waals surface area contributed by atoms with Gasteiger partial charge in [-0.15, -0.1) is 0 Å². The Balaban J connectivity index is 2.30. The number of hydrogen-bond acceptors (Lipinski definition) is 3. The monoisotopic (exact) mass is 205 g/mol. The van der Waals surface area contributed by atoms with Gasteiger partial charge in [0.2, 0.25) is 6.41 Å². The van der Waals surface area contributed by atoms with Gasteiger partial charge in [0.15, 0.2) is 0 Å². The molecule has 1 heterocycles. The van der Waals surface area contributed by atoms with Crippen molar-refractivity contribution < 1.29 is 14.8 Å². The van der Waals surface area contributed by atoms with E-state index in [-0.39, 0.29) is 0 Å². The molecular formula is C10H12BNO3. The van der Waals surface area contributed by atoms with Crippen LogP contribution >= 0.6 is 0 Å².